The zero-order valence-corrected chi connectivity index (χ0v) is 18.8. The first-order chi connectivity index (χ1) is 15.3. The van der Waals surface area contributed by atoms with Gasteiger partial charge in [0.25, 0.3) is 11.8 Å². The van der Waals surface area contributed by atoms with E-state index in [-0.39, 0.29) is 17.7 Å². The molecule has 162 valence electrons. The lowest BCUT2D eigenvalue weighted by Gasteiger charge is -2.15. The molecule has 32 heavy (non-hydrogen) atoms. The van der Waals surface area contributed by atoms with Crippen molar-refractivity contribution in [2.45, 2.75) is 26.9 Å². The van der Waals surface area contributed by atoms with Crippen LogP contribution in [0.2, 0.25) is 5.02 Å². The van der Waals surface area contributed by atoms with Gasteiger partial charge in [-0.1, -0.05) is 41.4 Å². The predicted molar refractivity (Wildman–Crippen MR) is 128 cm³/mol. The van der Waals surface area contributed by atoms with Crippen LogP contribution in [-0.2, 0) is 9.59 Å². The molecule has 2 amide bonds. The Morgan fingerprint density at radius 3 is 2.06 bits per heavy atom. The Balaban J connectivity index is 1.73. The largest absolute Gasteiger partial charge is 0.491 e. The number of nitrogens with zero attached hydrogens (tertiary/aromatic N) is 1. The fourth-order valence-electron chi connectivity index (χ4n) is 3.49. The third kappa shape index (κ3) is 4.39. The number of benzene rings is 3. The number of aryl methyl sites for hydroxylation is 1. The molecule has 1 heterocycles. The smallest absolute Gasteiger partial charge is 0.282 e. The summed E-state index contributed by atoms with van der Waals surface area (Å²) < 4.78 is 5.68. The van der Waals surface area contributed by atoms with E-state index in [0.29, 0.717) is 27.5 Å². The average Bonchev–Trinajstić information content (AvgIpc) is 3.00. The number of amides is 2. The number of anilines is 2. The van der Waals surface area contributed by atoms with Crippen LogP contribution in [0, 0.1) is 6.92 Å². The Morgan fingerprint density at radius 1 is 0.844 bits per heavy atom. The van der Waals surface area contributed by atoms with E-state index in [2.05, 4.69) is 5.32 Å². The molecule has 1 aliphatic heterocycles. The quantitative estimate of drug-likeness (QED) is 0.484. The number of hydrogen-bond donors (Lipinski definition) is 1. The minimum Gasteiger partial charge on any atom is -0.491 e. The predicted octanol–water partition coefficient (Wildman–Crippen LogP) is 5.83. The lowest BCUT2D eigenvalue weighted by Crippen LogP contribution is -2.32. The summed E-state index contributed by atoms with van der Waals surface area (Å²) in [5, 5.41) is 3.69. The molecule has 0 saturated heterocycles. The topological polar surface area (TPSA) is 58.6 Å². The molecule has 4 rings (SSSR count). The van der Waals surface area contributed by atoms with Gasteiger partial charge in [-0.05, 0) is 74.9 Å². The fourth-order valence-corrected chi connectivity index (χ4v) is 3.62. The van der Waals surface area contributed by atoms with E-state index in [4.69, 9.17) is 16.3 Å². The summed E-state index contributed by atoms with van der Waals surface area (Å²) in [5.74, 6) is -0.0752. The zero-order valence-electron chi connectivity index (χ0n) is 18.1. The first kappa shape index (κ1) is 21.7. The number of carbonyl (C=O) groups excluding carboxylic acids is 2. The van der Waals surface area contributed by atoms with Crippen LogP contribution in [0.15, 0.2) is 78.5 Å². The Morgan fingerprint density at radius 2 is 1.47 bits per heavy atom. The van der Waals surface area contributed by atoms with E-state index in [1.165, 1.54) is 4.90 Å². The van der Waals surface area contributed by atoms with Gasteiger partial charge in [0.2, 0.25) is 0 Å². The molecule has 3 aromatic carbocycles. The van der Waals surface area contributed by atoms with Crippen LogP contribution < -0.4 is 15.0 Å². The lowest BCUT2D eigenvalue weighted by atomic mass is 10.0. The van der Waals surface area contributed by atoms with Crippen LogP contribution in [-0.4, -0.2) is 17.9 Å². The summed E-state index contributed by atoms with van der Waals surface area (Å²) in [6.07, 6.45) is 0.0617. The van der Waals surface area contributed by atoms with Crippen molar-refractivity contribution in [3.63, 3.8) is 0 Å². The van der Waals surface area contributed by atoms with E-state index in [0.717, 1.165) is 11.3 Å². The SMILES string of the molecule is Cc1ccc(C2=C(Nc3ccc(OC(C)C)cc3)C(=O)N(c3ccc(Cl)cc3)C2=O)cc1. The van der Waals surface area contributed by atoms with Gasteiger partial charge in [0, 0.05) is 10.7 Å². The Bertz CT molecular complexity index is 1180. The normalized spacial score (nSPS) is 13.8. The van der Waals surface area contributed by atoms with Gasteiger partial charge in [-0.25, -0.2) is 4.90 Å². The minimum atomic E-state index is -0.421. The first-order valence-corrected chi connectivity index (χ1v) is 10.7. The molecule has 1 N–H and O–H groups in total. The van der Waals surface area contributed by atoms with Crippen molar-refractivity contribution in [3.05, 3.63) is 94.6 Å². The highest BCUT2D eigenvalue weighted by Gasteiger charge is 2.40. The molecule has 0 radical (unpaired) electrons. The van der Waals surface area contributed by atoms with Gasteiger partial charge in [0.15, 0.2) is 0 Å². The fraction of sp³-hybridized carbons (Fsp3) is 0.154. The van der Waals surface area contributed by atoms with Crippen molar-refractivity contribution in [2.24, 2.45) is 0 Å². The molecule has 6 heteroatoms. The lowest BCUT2D eigenvalue weighted by molar-refractivity contribution is -0.120. The Labute approximate surface area is 192 Å². The van der Waals surface area contributed by atoms with Gasteiger partial charge in [0.1, 0.15) is 11.4 Å². The highest BCUT2D eigenvalue weighted by atomic mass is 35.5. The third-order valence-corrected chi connectivity index (χ3v) is 5.26. The molecular weight excluding hydrogens is 424 g/mol. The van der Waals surface area contributed by atoms with E-state index in [9.17, 15) is 9.59 Å². The van der Waals surface area contributed by atoms with Crippen LogP contribution in [0.1, 0.15) is 25.0 Å². The molecule has 1 aliphatic rings. The molecule has 3 aromatic rings. The van der Waals surface area contributed by atoms with Crippen molar-refractivity contribution < 1.29 is 14.3 Å². The second kappa shape index (κ2) is 8.89. The number of ether oxygens (including phenoxy) is 1. The number of hydrogen-bond acceptors (Lipinski definition) is 4. The van der Waals surface area contributed by atoms with Gasteiger partial charge in [-0.15, -0.1) is 0 Å². The molecule has 0 aliphatic carbocycles. The van der Waals surface area contributed by atoms with E-state index in [1.807, 2.05) is 69.3 Å². The number of nitrogens with one attached hydrogen (secondary N) is 1. The van der Waals surface area contributed by atoms with E-state index >= 15 is 0 Å². The van der Waals surface area contributed by atoms with Crippen LogP contribution in [0.3, 0.4) is 0 Å². The average molecular weight is 447 g/mol. The van der Waals surface area contributed by atoms with Crippen molar-refractivity contribution >= 4 is 40.4 Å². The summed E-state index contributed by atoms with van der Waals surface area (Å²) in [7, 11) is 0. The second-order valence-electron chi connectivity index (χ2n) is 7.85. The van der Waals surface area contributed by atoms with Gasteiger partial charge in [-0.3, -0.25) is 9.59 Å². The summed E-state index contributed by atoms with van der Waals surface area (Å²) >= 11 is 5.99. The second-order valence-corrected chi connectivity index (χ2v) is 8.29. The molecule has 0 fully saturated rings. The van der Waals surface area contributed by atoms with Crippen molar-refractivity contribution in [3.8, 4) is 5.75 Å². The summed E-state index contributed by atoms with van der Waals surface area (Å²) in [4.78, 5) is 28.0. The molecule has 0 saturated carbocycles. The minimum absolute atomic E-state index is 0.0617. The van der Waals surface area contributed by atoms with Crippen LogP contribution >= 0.6 is 11.6 Å². The zero-order chi connectivity index (χ0) is 22.8. The molecular formula is C26H23ClN2O3. The summed E-state index contributed by atoms with van der Waals surface area (Å²) in [5.41, 5.74) is 3.44. The molecule has 0 unspecified atom stereocenters. The highest BCUT2D eigenvalue weighted by molar-refractivity contribution is 6.46. The van der Waals surface area contributed by atoms with Crippen molar-refractivity contribution in [1.29, 1.82) is 0 Å². The Hall–Kier alpha value is -3.57. The van der Waals surface area contributed by atoms with Crippen molar-refractivity contribution in [1.82, 2.24) is 0 Å². The monoisotopic (exact) mass is 446 g/mol. The van der Waals surface area contributed by atoms with E-state index < -0.39 is 5.91 Å². The molecule has 0 bridgehead atoms. The number of imide groups is 1. The number of carbonyl (C=O) groups is 2. The summed E-state index contributed by atoms with van der Waals surface area (Å²) in [6.45, 7) is 5.89. The summed E-state index contributed by atoms with van der Waals surface area (Å²) in [6, 6.07) is 21.5. The van der Waals surface area contributed by atoms with Gasteiger partial charge in [-0.2, -0.15) is 0 Å². The first-order valence-electron chi connectivity index (χ1n) is 10.3. The Kier molecular flexibility index (Phi) is 6.01. The third-order valence-electron chi connectivity index (χ3n) is 5.00. The van der Waals surface area contributed by atoms with Crippen LogP contribution in [0.25, 0.3) is 5.57 Å². The molecule has 0 atom stereocenters. The van der Waals surface area contributed by atoms with E-state index in [1.54, 1.807) is 24.3 Å². The maximum absolute atomic E-state index is 13.4. The van der Waals surface area contributed by atoms with Crippen LogP contribution in [0.5, 0.6) is 5.75 Å². The maximum atomic E-state index is 13.4. The molecule has 5 nitrogen and oxygen atoms in total. The number of rotatable bonds is 6. The molecule has 0 aromatic heterocycles. The molecule has 0 spiro atoms. The number of halogens is 1. The maximum Gasteiger partial charge on any atom is 0.282 e. The van der Waals surface area contributed by atoms with Gasteiger partial charge in [0.05, 0.1) is 17.4 Å². The standard InChI is InChI=1S/C26H23ClN2O3/c1-16(2)32-22-14-10-20(11-15-22)28-24-23(18-6-4-17(3)5-7-18)25(30)29(26(24)31)21-12-8-19(27)9-13-21/h4-16,28H,1-3H3. The van der Waals surface area contributed by atoms with Crippen LogP contribution in [0.4, 0.5) is 11.4 Å². The van der Waals surface area contributed by atoms with Gasteiger partial charge < -0.3 is 10.1 Å². The van der Waals surface area contributed by atoms with Gasteiger partial charge >= 0.3 is 0 Å². The van der Waals surface area contributed by atoms with Crippen molar-refractivity contribution in [2.75, 3.05) is 10.2 Å². The highest BCUT2D eigenvalue weighted by Crippen LogP contribution is 2.34.